The minimum atomic E-state index is -0.304. The predicted molar refractivity (Wildman–Crippen MR) is 139 cm³/mol. The molecule has 1 atom stereocenters. The maximum atomic E-state index is 12.7. The van der Waals surface area contributed by atoms with Gasteiger partial charge in [0.1, 0.15) is 5.60 Å². The summed E-state index contributed by atoms with van der Waals surface area (Å²) in [6.45, 7) is 2.05. The van der Waals surface area contributed by atoms with Gasteiger partial charge in [0.25, 0.3) is 0 Å². The maximum Gasteiger partial charge on any atom is 0.338 e. The van der Waals surface area contributed by atoms with E-state index in [0.717, 1.165) is 25.7 Å². The summed E-state index contributed by atoms with van der Waals surface area (Å²) in [5, 5.41) is 0. The van der Waals surface area contributed by atoms with Crippen molar-refractivity contribution in [1.29, 1.82) is 0 Å². The highest BCUT2D eigenvalue weighted by atomic mass is 127. The van der Waals surface area contributed by atoms with Gasteiger partial charge in [-0.1, -0.05) is 18.2 Å². The van der Waals surface area contributed by atoms with Crippen molar-refractivity contribution in [2.75, 3.05) is 0 Å². The van der Waals surface area contributed by atoms with Crippen molar-refractivity contribution < 1.29 is 9.53 Å². The van der Waals surface area contributed by atoms with Gasteiger partial charge in [-0.3, -0.25) is 0 Å². The van der Waals surface area contributed by atoms with E-state index in [9.17, 15) is 4.79 Å². The fraction of sp³-hybridized carbons (Fsp3) is 0.240. The first-order valence-corrected chi connectivity index (χ1v) is 13.4. The number of rotatable bonds is 5. The Kier molecular flexibility index (Phi) is 7.09. The quantitative estimate of drug-likeness (QED) is 0.164. The molecule has 0 aliphatic heterocycles. The Hall–Kier alpha value is -1.06. The third-order valence-corrected chi connectivity index (χ3v) is 10.5. The number of hydrogen-bond acceptors (Lipinski definition) is 2. The summed E-state index contributed by atoms with van der Waals surface area (Å²) in [5.41, 5.74) is 0.322. The monoisotopic (exact) mass is 641 g/mol. The molecule has 154 valence electrons. The van der Waals surface area contributed by atoms with E-state index < -0.39 is 0 Å². The van der Waals surface area contributed by atoms with Gasteiger partial charge in [-0.05, 0) is 126 Å². The number of carbonyl (C=O) groups is 1. The van der Waals surface area contributed by atoms with Gasteiger partial charge in [0.15, 0.2) is 14.7 Å². The van der Waals surface area contributed by atoms with Crippen LogP contribution in [0.3, 0.4) is 0 Å². The van der Waals surface area contributed by atoms with Gasteiger partial charge < -0.3 is 4.74 Å². The van der Waals surface area contributed by atoms with Crippen LogP contribution in [0.5, 0.6) is 0 Å². The molecule has 0 spiro atoms. The Bertz CT molecular complexity index is 1030. The number of halogens is 2. The van der Waals surface area contributed by atoms with Gasteiger partial charge in [0.2, 0.25) is 0 Å². The highest BCUT2D eigenvalue weighted by Crippen LogP contribution is 2.35. The summed E-state index contributed by atoms with van der Waals surface area (Å²) in [4.78, 5) is 16.4. The number of esters is 1. The topological polar surface area (TPSA) is 26.3 Å². The highest BCUT2D eigenvalue weighted by molar-refractivity contribution is 14.1. The van der Waals surface area contributed by atoms with Gasteiger partial charge >= 0.3 is 5.97 Å². The smallest absolute Gasteiger partial charge is 0.338 e. The summed E-state index contributed by atoms with van der Waals surface area (Å²) in [5.74, 6) is -0.214. The molecule has 0 amide bonds. The fourth-order valence-electron chi connectivity index (χ4n) is 3.80. The minimum Gasteiger partial charge on any atom is -0.456 e. The van der Waals surface area contributed by atoms with Gasteiger partial charge in [-0.25, -0.2) is 4.79 Å². The number of carbonyl (C=O) groups excluding carboxylic acids is 1. The zero-order valence-corrected chi connectivity index (χ0v) is 21.9. The molecule has 0 N–H and O–H groups in total. The third-order valence-electron chi connectivity index (χ3n) is 5.43. The summed E-state index contributed by atoms with van der Waals surface area (Å²) >= 11 is 4.77. The molecule has 1 aliphatic rings. The third kappa shape index (κ3) is 5.05. The van der Waals surface area contributed by atoms with Crippen LogP contribution in [0, 0.1) is 7.14 Å². The molecule has 1 saturated carbocycles. The molecule has 0 bridgehead atoms. The molecule has 0 aromatic heterocycles. The zero-order valence-electron chi connectivity index (χ0n) is 16.7. The predicted octanol–water partition coefficient (Wildman–Crippen LogP) is 7.48. The standard InChI is InChI=1S/C25H23I2O2S/c1-25(15-5-6-16-25)29-24(28)18-9-11-20(12-10-18)30(19-7-3-2-4-8-19)21-13-14-22(26)23(27)17-21/h2-4,7-14,17H,5-6,15-16H2,1H3/q+1. The zero-order chi connectivity index (χ0) is 21.1. The molecule has 3 aromatic carbocycles. The molecule has 0 saturated heterocycles. The lowest BCUT2D eigenvalue weighted by atomic mass is 10.1. The van der Waals surface area contributed by atoms with Crippen LogP contribution in [-0.4, -0.2) is 11.6 Å². The average molecular weight is 641 g/mol. The first kappa shape index (κ1) is 22.1. The molecular weight excluding hydrogens is 618 g/mol. The van der Waals surface area contributed by atoms with Crippen LogP contribution in [0.15, 0.2) is 87.5 Å². The number of hydrogen-bond donors (Lipinski definition) is 0. The fourth-order valence-corrected chi connectivity index (χ4v) is 6.96. The lowest BCUT2D eigenvalue weighted by molar-refractivity contribution is -0.00609. The van der Waals surface area contributed by atoms with E-state index >= 15 is 0 Å². The Morgan fingerprint density at radius 3 is 2.07 bits per heavy atom. The summed E-state index contributed by atoms with van der Waals surface area (Å²) in [6.07, 6.45) is 4.19. The Labute approximate surface area is 208 Å². The van der Waals surface area contributed by atoms with Gasteiger partial charge in [-0.15, -0.1) is 0 Å². The Balaban J connectivity index is 1.64. The van der Waals surface area contributed by atoms with E-state index in [4.69, 9.17) is 4.74 Å². The molecule has 5 heteroatoms. The van der Waals surface area contributed by atoms with Crippen LogP contribution in [0.2, 0.25) is 0 Å². The van der Waals surface area contributed by atoms with Gasteiger partial charge in [0, 0.05) is 13.2 Å². The molecule has 1 aliphatic carbocycles. The van der Waals surface area contributed by atoms with Crippen molar-refractivity contribution in [2.24, 2.45) is 0 Å². The molecular formula is C25H23I2O2S+. The number of ether oxygens (including phenoxy) is 1. The van der Waals surface area contributed by atoms with Crippen LogP contribution >= 0.6 is 45.2 Å². The van der Waals surface area contributed by atoms with Crippen molar-refractivity contribution in [3.05, 3.63) is 85.5 Å². The van der Waals surface area contributed by atoms with Crippen LogP contribution in [0.4, 0.5) is 0 Å². The summed E-state index contributed by atoms with van der Waals surface area (Å²) < 4.78 is 8.36. The second-order valence-corrected chi connectivity index (χ2v) is 12.1. The van der Waals surface area contributed by atoms with E-state index in [0.29, 0.717) is 5.56 Å². The summed E-state index contributed by atoms with van der Waals surface area (Å²) in [7, 11) is -0.227. The molecule has 4 rings (SSSR count). The normalized spacial score (nSPS) is 16.2. The molecule has 1 unspecified atom stereocenters. The summed E-state index contributed by atoms with van der Waals surface area (Å²) in [6, 6.07) is 25.2. The van der Waals surface area contributed by atoms with Gasteiger partial charge in [-0.2, -0.15) is 0 Å². The minimum absolute atomic E-state index is 0.214. The van der Waals surface area contributed by atoms with Gasteiger partial charge in [0.05, 0.1) is 16.5 Å². The maximum absolute atomic E-state index is 12.7. The lowest BCUT2D eigenvalue weighted by Crippen LogP contribution is -2.28. The molecule has 1 fully saturated rings. The molecule has 30 heavy (non-hydrogen) atoms. The average Bonchev–Trinajstić information content (AvgIpc) is 3.18. The Morgan fingerprint density at radius 2 is 1.43 bits per heavy atom. The van der Waals surface area contributed by atoms with Crippen molar-refractivity contribution in [3.63, 3.8) is 0 Å². The second kappa shape index (κ2) is 9.61. The molecule has 3 aromatic rings. The SMILES string of the molecule is CC1(OC(=O)c2ccc([S+](c3ccccc3)c3ccc(I)c(I)c3)cc2)CCCC1. The first-order chi connectivity index (χ1) is 14.5. The van der Waals surface area contributed by atoms with Crippen molar-refractivity contribution in [3.8, 4) is 0 Å². The molecule has 0 heterocycles. The van der Waals surface area contributed by atoms with E-state index in [-0.39, 0.29) is 22.5 Å². The highest BCUT2D eigenvalue weighted by Gasteiger charge is 2.33. The molecule has 0 radical (unpaired) electrons. The van der Waals surface area contributed by atoms with Crippen molar-refractivity contribution in [1.82, 2.24) is 0 Å². The van der Waals surface area contributed by atoms with E-state index in [1.807, 2.05) is 18.2 Å². The van der Waals surface area contributed by atoms with E-state index in [1.165, 1.54) is 21.8 Å². The van der Waals surface area contributed by atoms with E-state index in [2.05, 4.69) is 107 Å². The van der Waals surface area contributed by atoms with Crippen molar-refractivity contribution >= 4 is 62.0 Å². The number of benzene rings is 3. The first-order valence-electron chi connectivity index (χ1n) is 10.0. The largest absolute Gasteiger partial charge is 0.456 e. The van der Waals surface area contributed by atoms with Crippen LogP contribution in [-0.2, 0) is 15.6 Å². The van der Waals surface area contributed by atoms with Crippen LogP contribution in [0.1, 0.15) is 43.0 Å². The van der Waals surface area contributed by atoms with Crippen LogP contribution in [0.25, 0.3) is 0 Å². The van der Waals surface area contributed by atoms with Crippen molar-refractivity contribution in [2.45, 2.75) is 52.9 Å². The lowest BCUT2D eigenvalue weighted by Gasteiger charge is -2.24. The second-order valence-electron chi connectivity index (χ2n) is 7.77. The van der Waals surface area contributed by atoms with E-state index in [1.54, 1.807) is 0 Å². The molecule has 2 nitrogen and oxygen atoms in total. The Morgan fingerprint density at radius 1 is 0.833 bits per heavy atom. The van der Waals surface area contributed by atoms with Crippen LogP contribution < -0.4 is 0 Å².